The molecule has 2 aliphatic heterocycles. The van der Waals surface area contributed by atoms with E-state index in [4.69, 9.17) is 0 Å². The van der Waals surface area contributed by atoms with Crippen molar-refractivity contribution in [3.8, 4) is 0 Å². The Kier molecular flexibility index (Phi) is 5.64. The minimum atomic E-state index is -0.397. The number of nitro groups is 1. The average molecular weight is 394 g/mol. The molecule has 2 heterocycles. The van der Waals surface area contributed by atoms with Crippen molar-refractivity contribution in [2.24, 2.45) is 0 Å². The first-order valence-corrected chi connectivity index (χ1v) is 10.3. The van der Waals surface area contributed by atoms with E-state index in [-0.39, 0.29) is 11.6 Å². The Morgan fingerprint density at radius 1 is 0.862 bits per heavy atom. The van der Waals surface area contributed by atoms with Crippen LogP contribution in [-0.2, 0) is 0 Å². The summed E-state index contributed by atoms with van der Waals surface area (Å²) >= 11 is 0. The van der Waals surface area contributed by atoms with Gasteiger partial charge in [-0.15, -0.1) is 0 Å². The molecular formula is C22H26N4O3. The lowest BCUT2D eigenvalue weighted by Crippen LogP contribution is -2.30. The zero-order valence-corrected chi connectivity index (χ0v) is 16.5. The molecule has 1 N–H and O–H groups in total. The maximum absolute atomic E-state index is 12.7. The zero-order valence-electron chi connectivity index (χ0n) is 16.5. The molecule has 1 amide bonds. The summed E-state index contributed by atoms with van der Waals surface area (Å²) in [6.45, 7) is 3.77. The van der Waals surface area contributed by atoms with E-state index in [0.29, 0.717) is 16.9 Å². The number of hydrogen-bond acceptors (Lipinski definition) is 5. The Balaban J connectivity index is 1.49. The van der Waals surface area contributed by atoms with Crippen LogP contribution in [0.3, 0.4) is 0 Å². The van der Waals surface area contributed by atoms with Crippen LogP contribution >= 0.6 is 0 Å². The van der Waals surface area contributed by atoms with E-state index in [1.807, 2.05) is 29.2 Å². The van der Waals surface area contributed by atoms with E-state index in [1.54, 1.807) is 12.1 Å². The van der Waals surface area contributed by atoms with Crippen molar-refractivity contribution in [2.75, 3.05) is 41.3 Å². The molecule has 152 valence electrons. The first kappa shape index (κ1) is 19.2. The highest BCUT2D eigenvalue weighted by atomic mass is 16.6. The van der Waals surface area contributed by atoms with Crippen molar-refractivity contribution in [2.45, 2.75) is 32.1 Å². The Bertz CT molecular complexity index is 885. The molecular weight excluding hydrogens is 368 g/mol. The first-order chi connectivity index (χ1) is 14.1. The molecule has 29 heavy (non-hydrogen) atoms. The summed E-state index contributed by atoms with van der Waals surface area (Å²) < 4.78 is 0. The van der Waals surface area contributed by atoms with E-state index in [9.17, 15) is 14.9 Å². The molecule has 7 nitrogen and oxygen atoms in total. The Hall–Kier alpha value is -3.09. The predicted molar refractivity (Wildman–Crippen MR) is 115 cm³/mol. The second kappa shape index (κ2) is 8.51. The van der Waals surface area contributed by atoms with Crippen LogP contribution in [-0.4, -0.2) is 37.0 Å². The quantitative estimate of drug-likeness (QED) is 0.599. The van der Waals surface area contributed by atoms with Gasteiger partial charge in [0.05, 0.1) is 4.92 Å². The number of benzene rings is 2. The first-order valence-electron chi connectivity index (χ1n) is 10.3. The fourth-order valence-corrected chi connectivity index (χ4v) is 4.15. The highest BCUT2D eigenvalue weighted by Gasteiger charge is 2.23. The van der Waals surface area contributed by atoms with Gasteiger partial charge in [0, 0.05) is 49.2 Å². The van der Waals surface area contributed by atoms with Gasteiger partial charge in [0.25, 0.3) is 11.6 Å². The molecule has 0 unspecified atom stereocenters. The highest BCUT2D eigenvalue weighted by Crippen LogP contribution is 2.31. The van der Waals surface area contributed by atoms with E-state index in [1.165, 1.54) is 18.9 Å². The second-order valence-corrected chi connectivity index (χ2v) is 7.70. The molecule has 0 atom stereocenters. The van der Waals surface area contributed by atoms with Crippen LogP contribution in [0.1, 0.15) is 42.5 Å². The number of rotatable bonds is 5. The SMILES string of the molecule is O=C(Nc1ccc(N2CCCC2)cc1)c1ccc(N2CCCCC2)c([N+](=O)[O-])c1. The van der Waals surface area contributed by atoms with Crippen LogP contribution in [0, 0.1) is 10.1 Å². The average Bonchev–Trinajstić information content (AvgIpc) is 3.29. The molecule has 7 heteroatoms. The number of carbonyl (C=O) groups excluding carboxylic acids is 1. The van der Waals surface area contributed by atoms with Crippen molar-refractivity contribution in [1.29, 1.82) is 0 Å². The number of nitrogens with one attached hydrogen (secondary N) is 1. The third-order valence-corrected chi connectivity index (χ3v) is 5.73. The van der Waals surface area contributed by atoms with Crippen molar-refractivity contribution >= 4 is 28.7 Å². The van der Waals surface area contributed by atoms with Gasteiger partial charge in [0.15, 0.2) is 0 Å². The van der Waals surface area contributed by atoms with Crippen LogP contribution in [0.4, 0.5) is 22.7 Å². The van der Waals surface area contributed by atoms with Crippen molar-refractivity contribution in [1.82, 2.24) is 0 Å². The molecule has 0 aromatic heterocycles. The van der Waals surface area contributed by atoms with Crippen molar-refractivity contribution in [3.05, 3.63) is 58.1 Å². The summed E-state index contributed by atoms with van der Waals surface area (Å²) in [4.78, 5) is 28.2. The number of piperidine rings is 1. The maximum Gasteiger partial charge on any atom is 0.293 e. The van der Waals surface area contributed by atoms with Crippen LogP contribution in [0.5, 0.6) is 0 Å². The molecule has 2 aromatic carbocycles. The van der Waals surface area contributed by atoms with Gasteiger partial charge < -0.3 is 15.1 Å². The number of hydrogen-bond donors (Lipinski definition) is 1. The lowest BCUT2D eigenvalue weighted by molar-refractivity contribution is -0.384. The standard InChI is InChI=1S/C22H26N4O3/c27-22(23-18-7-9-19(10-8-18)24-12-4-5-13-24)17-6-11-20(21(16-17)26(28)29)25-14-2-1-3-15-25/h6-11,16H,1-5,12-15H2,(H,23,27). The number of nitro benzene ring substituents is 1. The summed E-state index contributed by atoms with van der Waals surface area (Å²) in [6.07, 6.45) is 5.65. The van der Waals surface area contributed by atoms with Gasteiger partial charge in [0.1, 0.15) is 5.69 Å². The maximum atomic E-state index is 12.7. The molecule has 2 saturated heterocycles. The molecule has 0 aliphatic carbocycles. The molecule has 2 aromatic rings. The van der Waals surface area contributed by atoms with Gasteiger partial charge in [-0.2, -0.15) is 0 Å². The van der Waals surface area contributed by atoms with E-state index < -0.39 is 4.92 Å². The lowest BCUT2D eigenvalue weighted by Gasteiger charge is -2.28. The number of carbonyl (C=O) groups is 1. The van der Waals surface area contributed by atoms with Crippen molar-refractivity contribution in [3.63, 3.8) is 0 Å². The van der Waals surface area contributed by atoms with Crippen LogP contribution in [0.15, 0.2) is 42.5 Å². The number of amides is 1. The Morgan fingerprint density at radius 3 is 2.14 bits per heavy atom. The molecule has 0 radical (unpaired) electrons. The lowest BCUT2D eigenvalue weighted by atomic mass is 10.1. The van der Waals surface area contributed by atoms with Crippen molar-refractivity contribution < 1.29 is 9.72 Å². The normalized spacial score (nSPS) is 16.7. The summed E-state index contributed by atoms with van der Waals surface area (Å²) in [6, 6.07) is 12.5. The summed E-state index contributed by atoms with van der Waals surface area (Å²) in [7, 11) is 0. The monoisotopic (exact) mass is 394 g/mol. The predicted octanol–water partition coefficient (Wildman–Crippen LogP) is 4.44. The third kappa shape index (κ3) is 4.34. The van der Waals surface area contributed by atoms with Gasteiger partial charge in [-0.25, -0.2) is 0 Å². The molecule has 0 bridgehead atoms. The van der Waals surface area contributed by atoms with Gasteiger partial charge in [0.2, 0.25) is 0 Å². The molecule has 0 saturated carbocycles. The Labute approximate surface area is 170 Å². The number of nitrogens with zero attached hydrogens (tertiary/aromatic N) is 3. The molecule has 4 rings (SSSR count). The van der Waals surface area contributed by atoms with Gasteiger partial charge in [-0.05, 0) is 68.5 Å². The molecule has 2 aliphatic rings. The summed E-state index contributed by atoms with van der Waals surface area (Å²) in [5.74, 6) is -0.341. The van der Waals surface area contributed by atoms with Gasteiger partial charge >= 0.3 is 0 Å². The fraction of sp³-hybridized carbons (Fsp3) is 0.409. The van der Waals surface area contributed by atoms with Gasteiger partial charge in [-0.1, -0.05) is 0 Å². The zero-order chi connectivity index (χ0) is 20.2. The van der Waals surface area contributed by atoms with Gasteiger partial charge in [-0.3, -0.25) is 14.9 Å². The minimum Gasteiger partial charge on any atom is -0.372 e. The molecule has 2 fully saturated rings. The van der Waals surface area contributed by atoms with E-state index in [0.717, 1.165) is 51.1 Å². The summed E-state index contributed by atoms with van der Waals surface area (Å²) in [5, 5.41) is 14.5. The smallest absolute Gasteiger partial charge is 0.293 e. The Morgan fingerprint density at radius 2 is 1.48 bits per heavy atom. The van der Waals surface area contributed by atoms with E-state index >= 15 is 0 Å². The fourth-order valence-electron chi connectivity index (χ4n) is 4.15. The van der Waals surface area contributed by atoms with Crippen LogP contribution in [0.25, 0.3) is 0 Å². The topological polar surface area (TPSA) is 78.7 Å². The van der Waals surface area contributed by atoms with Crippen LogP contribution < -0.4 is 15.1 Å². The highest BCUT2D eigenvalue weighted by molar-refractivity contribution is 6.05. The second-order valence-electron chi connectivity index (χ2n) is 7.70. The third-order valence-electron chi connectivity index (χ3n) is 5.73. The van der Waals surface area contributed by atoms with E-state index in [2.05, 4.69) is 10.2 Å². The number of anilines is 3. The minimum absolute atomic E-state index is 0.0102. The van der Waals surface area contributed by atoms with Crippen LogP contribution in [0.2, 0.25) is 0 Å². The summed E-state index contributed by atoms with van der Waals surface area (Å²) in [5.41, 5.74) is 2.72. The largest absolute Gasteiger partial charge is 0.372 e. The molecule has 0 spiro atoms.